The molecule has 0 saturated carbocycles. The van der Waals surface area contributed by atoms with E-state index in [1.54, 1.807) is 25.1 Å². The molecule has 3 atom stereocenters. The van der Waals surface area contributed by atoms with Crippen LogP contribution in [-0.4, -0.2) is 41.6 Å². The predicted octanol–water partition coefficient (Wildman–Crippen LogP) is 1.90. The summed E-state index contributed by atoms with van der Waals surface area (Å²) >= 11 is 0. The maximum Gasteiger partial charge on any atom is 0.410 e. The molecule has 0 aliphatic carbocycles. The summed E-state index contributed by atoms with van der Waals surface area (Å²) in [6.07, 6.45) is -1.47. The van der Waals surface area contributed by atoms with Crippen molar-refractivity contribution in [2.45, 2.75) is 55.8 Å². The summed E-state index contributed by atoms with van der Waals surface area (Å²) in [5.74, 6) is 0.400. The van der Waals surface area contributed by atoms with Crippen LogP contribution in [0.4, 0.5) is 10.5 Å². The lowest BCUT2D eigenvalue weighted by Gasteiger charge is -2.44. The number of anilines is 1. The Morgan fingerprint density at radius 3 is 2.65 bits per heavy atom. The Morgan fingerprint density at radius 2 is 2.04 bits per heavy atom. The van der Waals surface area contributed by atoms with E-state index >= 15 is 0 Å². The van der Waals surface area contributed by atoms with Crippen LogP contribution >= 0.6 is 0 Å². The smallest absolute Gasteiger partial charge is 0.410 e. The van der Waals surface area contributed by atoms with Gasteiger partial charge in [-0.25, -0.2) is 13.2 Å². The van der Waals surface area contributed by atoms with Crippen LogP contribution in [0.1, 0.15) is 39.7 Å². The maximum atomic E-state index is 13.5. The summed E-state index contributed by atoms with van der Waals surface area (Å²) in [5, 5.41) is 10.5. The Labute approximate surface area is 152 Å². The third-order valence-corrected chi connectivity index (χ3v) is 8.29. The molecule has 0 spiro atoms. The Balaban J connectivity index is 2.35. The van der Waals surface area contributed by atoms with Crippen LogP contribution in [0.3, 0.4) is 0 Å². The minimum absolute atomic E-state index is 0.105. The van der Waals surface area contributed by atoms with Crippen LogP contribution in [-0.2, 0) is 15.4 Å². The van der Waals surface area contributed by atoms with E-state index in [1.807, 2.05) is 6.92 Å². The molecular formula is C17H23N3O5S. The number of nitrogens with zero attached hydrogens (tertiary/aromatic N) is 1. The lowest BCUT2D eigenvalue weighted by Crippen LogP contribution is -2.61. The van der Waals surface area contributed by atoms with Crippen molar-refractivity contribution in [1.82, 2.24) is 5.32 Å². The Kier molecular flexibility index (Phi) is 3.99. The monoisotopic (exact) mass is 381 g/mol. The molecular weight excluding hydrogens is 358 g/mol. The quantitative estimate of drug-likeness (QED) is 0.588. The Morgan fingerprint density at radius 1 is 1.38 bits per heavy atom. The van der Waals surface area contributed by atoms with E-state index in [0.717, 1.165) is 0 Å². The number of ether oxygens (including phenoxy) is 1. The summed E-state index contributed by atoms with van der Waals surface area (Å²) in [6, 6.07) is 5.02. The van der Waals surface area contributed by atoms with Crippen LogP contribution in [0.15, 0.2) is 23.2 Å². The van der Waals surface area contributed by atoms with Gasteiger partial charge in [-0.2, -0.15) is 0 Å². The number of amidine groups is 1. The lowest BCUT2D eigenvalue weighted by atomic mass is 9.85. The van der Waals surface area contributed by atoms with Gasteiger partial charge in [-0.1, -0.05) is 0 Å². The van der Waals surface area contributed by atoms with E-state index in [-0.39, 0.29) is 18.4 Å². The number of amides is 1. The van der Waals surface area contributed by atoms with E-state index in [0.29, 0.717) is 17.0 Å². The van der Waals surface area contributed by atoms with Crippen LogP contribution in [0, 0.1) is 0 Å². The largest absolute Gasteiger partial charge is 0.490 e. The average Bonchev–Trinajstić information content (AvgIpc) is 2.61. The van der Waals surface area contributed by atoms with Crippen molar-refractivity contribution >= 4 is 27.5 Å². The fraction of sp³-hybridized carbons (Fsp3) is 0.529. The molecule has 8 nitrogen and oxygen atoms in total. The third kappa shape index (κ3) is 2.53. The summed E-state index contributed by atoms with van der Waals surface area (Å²) in [6.45, 7) is 6.43. The van der Waals surface area contributed by atoms with Crippen molar-refractivity contribution in [1.29, 1.82) is 0 Å². The fourth-order valence-electron chi connectivity index (χ4n) is 3.71. The van der Waals surface area contributed by atoms with Gasteiger partial charge in [0.25, 0.3) is 0 Å². The molecule has 0 unspecified atom stereocenters. The Hall–Kier alpha value is -2.29. The van der Waals surface area contributed by atoms with Crippen LogP contribution in [0.5, 0.6) is 5.75 Å². The molecule has 4 N–H and O–H groups in total. The SMILES string of the molecule is C[C@@H]1C[C@H]2[C@](C)(N=C(NC(=O)O)C(C)(C)S2(=O)=O)c2cc(N)ccc2O1. The number of hydrogen-bond donors (Lipinski definition) is 3. The van der Waals surface area contributed by atoms with E-state index < -0.39 is 31.5 Å². The topological polar surface area (TPSA) is 131 Å². The summed E-state index contributed by atoms with van der Waals surface area (Å²) in [4.78, 5) is 15.8. The maximum absolute atomic E-state index is 13.5. The van der Waals surface area contributed by atoms with Crippen molar-refractivity contribution in [3.8, 4) is 5.75 Å². The number of nitrogen functional groups attached to an aromatic ring is 1. The highest BCUT2D eigenvalue weighted by Crippen LogP contribution is 2.49. The second-order valence-electron chi connectivity index (χ2n) is 7.50. The van der Waals surface area contributed by atoms with Crippen molar-refractivity contribution in [2.24, 2.45) is 4.99 Å². The number of carbonyl (C=O) groups is 1. The molecule has 142 valence electrons. The summed E-state index contributed by atoms with van der Waals surface area (Å²) in [5.41, 5.74) is 5.69. The third-order valence-electron chi connectivity index (χ3n) is 5.28. The van der Waals surface area contributed by atoms with Gasteiger partial charge in [0, 0.05) is 17.7 Å². The molecule has 2 aliphatic rings. The van der Waals surface area contributed by atoms with Crippen molar-refractivity contribution < 1.29 is 23.1 Å². The first-order chi connectivity index (χ1) is 11.9. The van der Waals surface area contributed by atoms with Gasteiger partial charge >= 0.3 is 6.09 Å². The number of nitrogens with two attached hydrogens (primary N) is 1. The number of hydrogen-bond acceptors (Lipinski definition) is 6. The zero-order valence-corrected chi connectivity index (χ0v) is 15.9. The minimum Gasteiger partial charge on any atom is -0.490 e. The molecule has 1 aromatic carbocycles. The second-order valence-corrected chi connectivity index (χ2v) is 10.2. The number of benzene rings is 1. The van der Waals surface area contributed by atoms with Gasteiger partial charge in [0.15, 0.2) is 9.84 Å². The minimum atomic E-state index is -3.80. The molecule has 2 heterocycles. The van der Waals surface area contributed by atoms with Crippen molar-refractivity contribution in [3.63, 3.8) is 0 Å². The first kappa shape index (κ1) is 18.5. The molecule has 2 aliphatic heterocycles. The molecule has 1 aromatic rings. The number of rotatable bonds is 0. The van der Waals surface area contributed by atoms with Crippen LogP contribution in [0.2, 0.25) is 0 Å². The van der Waals surface area contributed by atoms with E-state index in [4.69, 9.17) is 15.6 Å². The molecule has 1 amide bonds. The number of fused-ring (bicyclic) bond motifs is 3. The molecule has 26 heavy (non-hydrogen) atoms. The van der Waals surface area contributed by atoms with Gasteiger partial charge in [0.1, 0.15) is 21.9 Å². The highest BCUT2D eigenvalue weighted by Gasteiger charge is 2.59. The standard InChI is InChI=1S/C17H23N3O5S/c1-9-7-13-17(4,11-8-10(18)5-6-12(11)25-9)20-14(19-15(21)22)16(2,3)26(13,23)24/h5-6,8-9,13H,7,18H2,1-4H3,(H,19,20)(H,21,22)/t9-,13+,17-/m1/s1. The van der Waals surface area contributed by atoms with E-state index in [1.165, 1.54) is 13.8 Å². The van der Waals surface area contributed by atoms with Crippen molar-refractivity contribution in [3.05, 3.63) is 23.8 Å². The molecule has 9 heteroatoms. The molecule has 0 bridgehead atoms. The average molecular weight is 381 g/mol. The molecule has 0 saturated heterocycles. The Bertz CT molecular complexity index is 909. The van der Waals surface area contributed by atoms with Gasteiger partial charge in [-0.3, -0.25) is 10.3 Å². The highest BCUT2D eigenvalue weighted by atomic mass is 32.2. The highest BCUT2D eigenvalue weighted by molar-refractivity contribution is 7.94. The lowest BCUT2D eigenvalue weighted by molar-refractivity contribution is 0.199. The molecule has 0 aromatic heterocycles. The number of aliphatic imine (C=N–C) groups is 1. The number of nitrogens with one attached hydrogen (secondary N) is 1. The zero-order valence-electron chi connectivity index (χ0n) is 15.1. The second kappa shape index (κ2) is 5.60. The summed E-state index contributed by atoms with van der Waals surface area (Å²) < 4.78 is 31.4. The van der Waals surface area contributed by atoms with Gasteiger partial charge in [-0.15, -0.1) is 0 Å². The number of carboxylic acid groups (broad SMARTS) is 1. The molecule has 0 fully saturated rings. The van der Waals surface area contributed by atoms with Gasteiger partial charge in [-0.05, 0) is 45.9 Å². The van der Waals surface area contributed by atoms with Gasteiger partial charge in [0.2, 0.25) is 0 Å². The normalized spacial score (nSPS) is 31.5. The fourth-order valence-corrected chi connectivity index (χ4v) is 6.10. The molecule has 0 radical (unpaired) electrons. The summed E-state index contributed by atoms with van der Waals surface area (Å²) in [7, 11) is -3.80. The zero-order chi connectivity index (χ0) is 19.5. The first-order valence-electron chi connectivity index (χ1n) is 8.30. The number of sulfone groups is 1. The van der Waals surface area contributed by atoms with E-state index in [9.17, 15) is 13.2 Å². The van der Waals surface area contributed by atoms with Crippen molar-refractivity contribution in [2.75, 3.05) is 5.73 Å². The van der Waals surface area contributed by atoms with Gasteiger partial charge < -0.3 is 15.6 Å². The van der Waals surface area contributed by atoms with Gasteiger partial charge in [0.05, 0.1) is 11.4 Å². The van der Waals surface area contributed by atoms with Crippen LogP contribution in [0.25, 0.3) is 0 Å². The predicted molar refractivity (Wildman–Crippen MR) is 98.3 cm³/mol. The van der Waals surface area contributed by atoms with E-state index in [2.05, 4.69) is 10.3 Å². The van der Waals surface area contributed by atoms with Crippen LogP contribution < -0.4 is 15.8 Å². The first-order valence-corrected chi connectivity index (χ1v) is 9.84. The molecule has 3 rings (SSSR count).